The van der Waals surface area contributed by atoms with E-state index in [1.54, 1.807) is 36.7 Å². The van der Waals surface area contributed by atoms with Gasteiger partial charge >= 0.3 is 0 Å². The van der Waals surface area contributed by atoms with Crippen molar-refractivity contribution in [3.05, 3.63) is 66.2 Å². The Hall–Kier alpha value is -3.54. The van der Waals surface area contributed by atoms with E-state index in [1.165, 1.54) is 6.07 Å². The monoisotopic (exact) mass is 624 g/mol. The number of ether oxygens (including phenoxy) is 1. The van der Waals surface area contributed by atoms with E-state index in [0.717, 1.165) is 50.8 Å². The number of hydrogen-bond donors (Lipinski definition) is 3. The number of benzene rings is 2. The second kappa shape index (κ2) is 11.5. The molecule has 3 heterocycles. The van der Waals surface area contributed by atoms with Gasteiger partial charge in [-0.1, -0.05) is 12.1 Å². The highest BCUT2D eigenvalue weighted by atomic mass is 35.5. The van der Waals surface area contributed by atoms with Crippen molar-refractivity contribution in [2.75, 3.05) is 28.9 Å². The van der Waals surface area contributed by atoms with Crippen molar-refractivity contribution in [1.82, 2.24) is 20.3 Å². The van der Waals surface area contributed by atoms with E-state index in [-0.39, 0.29) is 41.2 Å². The molecule has 226 valence electrons. The van der Waals surface area contributed by atoms with Crippen molar-refractivity contribution in [3.8, 4) is 22.9 Å². The van der Waals surface area contributed by atoms with Crippen LogP contribution in [0, 0.1) is 24.1 Å². The Morgan fingerprint density at radius 1 is 1.09 bits per heavy atom. The number of rotatable bonds is 9. The van der Waals surface area contributed by atoms with Crippen molar-refractivity contribution in [1.29, 1.82) is 0 Å². The van der Waals surface area contributed by atoms with Crippen molar-refractivity contribution in [2.45, 2.75) is 45.1 Å². The first-order valence-corrected chi connectivity index (χ1v) is 16.1. The molecule has 2 atom stereocenters. The van der Waals surface area contributed by atoms with Crippen molar-refractivity contribution in [3.63, 3.8) is 0 Å². The average Bonchev–Trinajstić information content (AvgIpc) is 3.90. The molecule has 1 aliphatic heterocycles. The molecule has 2 aliphatic carbocycles. The number of aromatic nitrogens is 3. The topological polar surface area (TPSA) is 118 Å². The van der Waals surface area contributed by atoms with Gasteiger partial charge in [-0.25, -0.2) is 27.8 Å². The predicted octanol–water partition coefficient (Wildman–Crippen LogP) is 6.06. The summed E-state index contributed by atoms with van der Waals surface area (Å²) in [7, 11) is -3.72. The molecule has 2 aromatic heterocycles. The molecule has 0 amide bonds. The summed E-state index contributed by atoms with van der Waals surface area (Å²) in [5, 5.41) is 7.79. The number of pyridine rings is 1. The van der Waals surface area contributed by atoms with Crippen LogP contribution in [0.3, 0.4) is 0 Å². The van der Waals surface area contributed by atoms with Gasteiger partial charge < -0.3 is 15.4 Å². The molecule has 1 spiro atoms. The zero-order valence-electron chi connectivity index (χ0n) is 23.8. The zero-order valence-corrected chi connectivity index (χ0v) is 25.4. The van der Waals surface area contributed by atoms with Gasteiger partial charge in [0.15, 0.2) is 0 Å². The van der Waals surface area contributed by atoms with E-state index in [9.17, 15) is 8.42 Å². The molecule has 3 fully saturated rings. The average molecular weight is 625 g/mol. The number of nitrogens with zero attached hydrogens (tertiary/aromatic N) is 3. The third kappa shape index (κ3) is 6.11. The van der Waals surface area contributed by atoms with Gasteiger partial charge in [0.25, 0.3) is 0 Å². The molecule has 43 heavy (non-hydrogen) atoms. The zero-order chi connectivity index (χ0) is 28.9. The Labute approximate surface area is 256 Å². The molecule has 3 N–H and O–H groups in total. The minimum absolute atomic E-state index is 0. The Morgan fingerprint density at radius 3 is 2.70 bits per heavy atom. The number of anilines is 2. The summed E-state index contributed by atoms with van der Waals surface area (Å²) < 4.78 is 50.1. The second-order valence-electron chi connectivity index (χ2n) is 11.8. The maximum Gasteiger partial charge on any atom is 0.233 e. The summed E-state index contributed by atoms with van der Waals surface area (Å²) in [6.45, 7) is 3.76. The first kappa shape index (κ1) is 29.5. The van der Waals surface area contributed by atoms with Gasteiger partial charge in [-0.05, 0) is 92.8 Å². The number of nitrogens with one attached hydrogen (secondary N) is 3. The lowest BCUT2D eigenvalue weighted by Crippen LogP contribution is -2.38. The lowest BCUT2D eigenvalue weighted by atomic mass is 10.0. The summed E-state index contributed by atoms with van der Waals surface area (Å²) in [5.41, 5.74) is 2.28. The molecule has 2 saturated carbocycles. The van der Waals surface area contributed by atoms with E-state index in [1.807, 2.05) is 19.1 Å². The largest absolute Gasteiger partial charge is 0.437 e. The number of halogens is 2. The van der Waals surface area contributed by atoms with Gasteiger partial charge in [-0.3, -0.25) is 4.72 Å². The van der Waals surface area contributed by atoms with Crippen LogP contribution in [0.25, 0.3) is 22.0 Å². The van der Waals surface area contributed by atoms with E-state index in [0.29, 0.717) is 39.6 Å². The maximum absolute atomic E-state index is 15.1. The molecular formula is C31H34ClFN6O3S. The first-order valence-electron chi connectivity index (χ1n) is 14.5. The Kier molecular flexibility index (Phi) is 7.91. The number of piperidine rings is 1. The Morgan fingerprint density at radius 2 is 1.93 bits per heavy atom. The number of sulfonamides is 1. The summed E-state index contributed by atoms with van der Waals surface area (Å²) >= 11 is 0. The van der Waals surface area contributed by atoms with Gasteiger partial charge in [-0.2, -0.15) is 0 Å². The van der Waals surface area contributed by atoms with Crippen LogP contribution in [0.1, 0.15) is 37.7 Å². The van der Waals surface area contributed by atoms with Crippen molar-refractivity contribution >= 4 is 44.8 Å². The molecule has 0 bridgehead atoms. The molecule has 0 radical (unpaired) electrons. The van der Waals surface area contributed by atoms with Crippen LogP contribution in [0.2, 0.25) is 0 Å². The Balaban J connectivity index is 0.00000329. The summed E-state index contributed by atoms with van der Waals surface area (Å²) in [4.78, 5) is 13.6. The molecule has 9 nitrogen and oxygen atoms in total. The number of aryl methyl sites for hydroxylation is 1. The van der Waals surface area contributed by atoms with Gasteiger partial charge in [0, 0.05) is 35.8 Å². The highest BCUT2D eigenvalue weighted by molar-refractivity contribution is 7.92. The minimum Gasteiger partial charge on any atom is -0.437 e. The van der Waals surface area contributed by atoms with E-state index < -0.39 is 15.8 Å². The van der Waals surface area contributed by atoms with Crippen molar-refractivity contribution in [2.24, 2.45) is 11.3 Å². The van der Waals surface area contributed by atoms with Crippen LogP contribution in [0.5, 0.6) is 11.6 Å². The van der Waals surface area contributed by atoms with E-state index in [4.69, 9.17) is 9.72 Å². The molecule has 7 rings (SSSR count). The van der Waals surface area contributed by atoms with E-state index in [2.05, 4.69) is 25.3 Å². The van der Waals surface area contributed by atoms with Gasteiger partial charge in [0.1, 0.15) is 11.6 Å². The van der Waals surface area contributed by atoms with Crippen LogP contribution in [-0.2, 0) is 10.0 Å². The van der Waals surface area contributed by atoms with E-state index >= 15 is 4.39 Å². The van der Waals surface area contributed by atoms with Gasteiger partial charge in [0.05, 0.1) is 22.7 Å². The predicted molar refractivity (Wildman–Crippen MR) is 168 cm³/mol. The molecule has 12 heteroatoms. The van der Waals surface area contributed by atoms with Crippen LogP contribution in [0.15, 0.2) is 54.9 Å². The number of hydrogen-bond acceptors (Lipinski definition) is 8. The lowest BCUT2D eigenvalue weighted by Gasteiger charge is -2.23. The molecule has 1 saturated heterocycles. The molecule has 4 aromatic rings. The minimum atomic E-state index is -3.72. The summed E-state index contributed by atoms with van der Waals surface area (Å²) in [6.07, 6.45) is 8.61. The van der Waals surface area contributed by atoms with Crippen LogP contribution in [-0.4, -0.2) is 48.3 Å². The third-order valence-corrected chi connectivity index (χ3v) is 10.1. The fraction of sp³-hybridized carbons (Fsp3) is 0.387. The van der Waals surface area contributed by atoms with Crippen LogP contribution in [0.4, 0.5) is 16.0 Å². The van der Waals surface area contributed by atoms with Gasteiger partial charge in [-0.15, -0.1) is 12.4 Å². The second-order valence-corrected chi connectivity index (χ2v) is 13.6. The highest BCUT2D eigenvalue weighted by Crippen LogP contribution is 2.70. The molecule has 2 aromatic carbocycles. The molecule has 1 unspecified atom stereocenters. The Bertz CT molecular complexity index is 1780. The van der Waals surface area contributed by atoms with Crippen molar-refractivity contribution < 1.29 is 17.5 Å². The lowest BCUT2D eigenvalue weighted by molar-refractivity contribution is 0.466. The van der Waals surface area contributed by atoms with Crippen LogP contribution < -0.4 is 20.1 Å². The maximum atomic E-state index is 15.1. The number of fused-ring (bicyclic) bond motifs is 1. The first-order chi connectivity index (χ1) is 20.3. The SMILES string of the molecule is Cc1ccc2c(NS(=O)(=O)C[C@@H]3CC34CC4)c(F)ccc2c1Oc1ncccc1-c1ccnc(NC2CCCNC2)n1.Cl. The standard InChI is InChI=1S/C31H33FN6O3S.ClH/c1-19-6-7-22-23(8-9-25(32)27(22)38-42(39,40)18-20-16-31(20)11-12-31)28(19)41-29-24(5-3-14-34-29)26-10-15-35-30(37-26)36-21-4-2-13-33-17-21;/h3,5-10,14-15,20-21,33,38H,2,4,11-13,16-18H2,1H3,(H,35,36,37);1H/t20-,21?;/m0./s1. The van der Waals surface area contributed by atoms with Crippen LogP contribution >= 0.6 is 12.4 Å². The summed E-state index contributed by atoms with van der Waals surface area (Å²) in [6, 6.07) is 12.1. The van der Waals surface area contributed by atoms with Gasteiger partial charge in [0.2, 0.25) is 21.9 Å². The normalized spacial score (nSPS) is 20.3. The fourth-order valence-corrected chi connectivity index (χ4v) is 7.70. The molecular weight excluding hydrogens is 591 g/mol. The fourth-order valence-electron chi connectivity index (χ4n) is 6.10. The summed E-state index contributed by atoms with van der Waals surface area (Å²) in [5.74, 6) is 0.866. The third-order valence-electron chi connectivity index (χ3n) is 8.76. The molecule has 3 aliphatic rings. The highest BCUT2D eigenvalue weighted by Gasteiger charge is 2.63. The smallest absolute Gasteiger partial charge is 0.233 e. The quantitative estimate of drug-likeness (QED) is 0.206.